The van der Waals surface area contributed by atoms with Crippen molar-refractivity contribution in [3.8, 4) is 0 Å². The van der Waals surface area contributed by atoms with Crippen LogP contribution in [0, 0.1) is 11.8 Å². The van der Waals surface area contributed by atoms with E-state index in [-0.39, 0.29) is 30.0 Å². The molecule has 11 nitrogen and oxygen atoms in total. The molecule has 0 radical (unpaired) electrons. The first-order valence-electron chi connectivity index (χ1n) is 14.2. The first kappa shape index (κ1) is 29.8. The molecule has 2 aliphatic carbocycles. The van der Waals surface area contributed by atoms with Gasteiger partial charge < -0.3 is 30.1 Å². The first-order valence-corrected chi connectivity index (χ1v) is 14.2. The Morgan fingerprint density at radius 3 is 2.60 bits per heavy atom. The molecule has 3 fully saturated rings. The van der Waals surface area contributed by atoms with Gasteiger partial charge >= 0.3 is 12.2 Å². The highest BCUT2D eigenvalue weighted by atomic mass is 19.4. The Balaban J connectivity index is 1.34. The lowest BCUT2D eigenvalue weighted by atomic mass is 9.79. The highest BCUT2D eigenvalue weighted by molar-refractivity contribution is 6.01. The summed E-state index contributed by atoms with van der Waals surface area (Å²) < 4.78 is 50.2. The van der Waals surface area contributed by atoms with E-state index < -0.39 is 48.7 Å². The number of hydrogen-bond acceptors (Lipinski definition) is 7. The van der Waals surface area contributed by atoms with Gasteiger partial charge in [0.1, 0.15) is 24.2 Å². The summed E-state index contributed by atoms with van der Waals surface area (Å²) in [6.07, 6.45) is 3.53. The van der Waals surface area contributed by atoms with Gasteiger partial charge in [-0.3, -0.25) is 9.59 Å². The number of anilines is 1. The molecule has 3 heterocycles. The minimum atomic E-state index is -4.60. The van der Waals surface area contributed by atoms with Crippen LogP contribution in [0.15, 0.2) is 29.1 Å². The van der Waals surface area contributed by atoms with Crippen molar-refractivity contribution in [1.29, 1.82) is 0 Å². The van der Waals surface area contributed by atoms with Crippen LogP contribution in [0.1, 0.15) is 79.0 Å². The molecule has 228 valence electrons. The van der Waals surface area contributed by atoms with Gasteiger partial charge in [0.25, 0.3) is 5.91 Å². The summed E-state index contributed by atoms with van der Waals surface area (Å²) >= 11 is 0. The molecule has 2 aromatic rings. The Labute approximate surface area is 240 Å². The third kappa shape index (κ3) is 6.69. The number of aromatic nitrogens is 2. The predicted molar refractivity (Wildman–Crippen MR) is 143 cm³/mol. The summed E-state index contributed by atoms with van der Waals surface area (Å²) in [5, 5.41) is 11.5. The number of carbonyl (C=O) groups is 3. The molecule has 1 aliphatic heterocycles. The second-order valence-electron chi connectivity index (χ2n) is 11.5. The van der Waals surface area contributed by atoms with Crippen LogP contribution in [0.3, 0.4) is 0 Å². The highest BCUT2D eigenvalue weighted by Crippen LogP contribution is 2.41. The largest absolute Gasteiger partial charge is 0.410 e. The van der Waals surface area contributed by atoms with E-state index in [0.717, 1.165) is 49.0 Å². The van der Waals surface area contributed by atoms with Crippen molar-refractivity contribution in [3.05, 3.63) is 41.4 Å². The fourth-order valence-corrected chi connectivity index (χ4v) is 5.79. The quantitative estimate of drug-likeness (QED) is 0.377. The van der Waals surface area contributed by atoms with Gasteiger partial charge in [0, 0.05) is 18.9 Å². The monoisotopic (exact) mass is 592 g/mol. The van der Waals surface area contributed by atoms with Crippen LogP contribution < -0.4 is 16.0 Å². The van der Waals surface area contributed by atoms with E-state index in [9.17, 15) is 27.6 Å². The maximum absolute atomic E-state index is 13.7. The lowest BCUT2D eigenvalue weighted by Gasteiger charge is -2.32. The molecule has 3 aliphatic rings. The Hall–Kier alpha value is -3.68. The van der Waals surface area contributed by atoms with Crippen LogP contribution in [0.25, 0.3) is 0 Å². The second-order valence-corrected chi connectivity index (χ2v) is 11.5. The van der Waals surface area contributed by atoms with Gasteiger partial charge in [-0.25, -0.2) is 9.78 Å². The summed E-state index contributed by atoms with van der Waals surface area (Å²) in [6, 6.07) is -1.54. The molecule has 3 atom stereocenters. The zero-order chi connectivity index (χ0) is 30.0. The van der Waals surface area contributed by atoms with E-state index in [0.29, 0.717) is 11.5 Å². The normalized spacial score (nSPS) is 24.2. The third-order valence-corrected chi connectivity index (χ3v) is 8.38. The molecular formula is C28H35F3N6O5. The summed E-state index contributed by atoms with van der Waals surface area (Å²) in [6.45, 7) is 1.50. The topological polar surface area (TPSA) is 139 Å². The number of carbonyl (C=O) groups excluding carboxylic acids is 3. The van der Waals surface area contributed by atoms with Crippen molar-refractivity contribution in [2.45, 2.75) is 75.7 Å². The number of rotatable bonds is 10. The van der Waals surface area contributed by atoms with Crippen LogP contribution in [0.2, 0.25) is 0 Å². The summed E-state index contributed by atoms with van der Waals surface area (Å²) in [7, 11) is 1.38. The fraction of sp³-hybridized carbons (Fsp3) is 0.607. The Kier molecular flexibility index (Phi) is 8.71. The van der Waals surface area contributed by atoms with Gasteiger partial charge in [-0.15, -0.1) is 0 Å². The van der Waals surface area contributed by atoms with E-state index in [1.807, 2.05) is 5.32 Å². The Morgan fingerprint density at radius 1 is 1.21 bits per heavy atom. The van der Waals surface area contributed by atoms with Gasteiger partial charge in [-0.05, 0) is 61.1 Å². The molecule has 1 saturated heterocycles. The van der Waals surface area contributed by atoms with Crippen LogP contribution in [-0.2, 0) is 9.53 Å². The number of alkyl halides is 3. The van der Waals surface area contributed by atoms with E-state index in [1.54, 1.807) is 6.07 Å². The first-order chi connectivity index (χ1) is 20.0. The van der Waals surface area contributed by atoms with Gasteiger partial charge in [0.15, 0.2) is 5.69 Å². The van der Waals surface area contributed by atoms with Crippen LogP contribution >= 0.6 is 0 Å². The number of urea groups is 1. The summed E-state index contributed by atoms with van der Waals surface area (Å²) in [4.78, 5) is 44.7. The molecule has 2 aromatic heterocycles. The number of nitrogens with one attached hydrogen (secondary N) is 3. The second kappa shape index (κ2) is 12.3. The Bertz CT molecular complexity index is 1290. The van der Waals surface area contributed by atoms with Crippen molar-refractivity contribution in [2.24, 2.45) is 11.8 Å². The minimum absolute atomic E-state index is 0.0740. The van der Waals surface area contributed by atoms with E-state index >= 15 is 0 Å². The van der Waals surface area contributed by atoms with Gasteiger partial charge in [0.05, 0.1) is 19.2 Å². The average Bonchev–Trinajstić information content (AvgIpc) is 3.53. The molecule has 2 saturated carbocycles. The van der Waals surface area contributed by atoms with Crippen molar-refractivity contribution in [3.63, 3.8) is 0 Å². The van der Waals surface area contributed by atoms with E-state index in [4.69, 9.17) is 9.26 Å². The number of ether oxygens (including phenoxy) is 1. The number of nitrogens with zero attached hydrogens (tertiary/aromatic N) is 3. The van der Waals surface area contributed by atoms with Crippen molar-refractivity contribution in [1.82, 2.24) is 25.7 Å². The molecule has 1 unspecified atom stereocenters. The van der Waals surface area contributed by atoms with Crippen molar-refractivity contribution < 1.29 is 36.8 Å². The van der Waals surface area contributed by atoms with Crippen LogP contribution in [0.5, 0.6) is 0 Å². The molecule has 42 heavy (non-hydrogen) atoms. The van der Waals surface area contributed by atoms with Gasteiger partial charge in [-0.2, -0.15) is 13.2 Å². The molecule has 14 heteroatoms. The van der Waals surface area contributed by atoms with Crippen molar-refractivity contribution in [2.75, 3.05) is 25.6 Å². The van der Waals surface area contributed by atoms with Crippen LogP contribution in [0.4, 0.5) is 23.8 Å². The molecule has 0 bridgehead atoms. The highest BCUT2D eigenvalue weighted by Gasteiger charge is 2.48. The molecule has 5 rings (SSSR count). The van der Waals surface area contributed by atoms with Gasteiger partial charge in [0.2, 0.25) is 5.91 Å². The number of amides is 4. The number of pyridine rings is 1. The maximum Gasteiger partial charge on any atom is 0.410 e. The number of methoxy groups -OCH3 is 1. The lowest BCUT2D eigenvalue weighted by molar-refractivity contribution is -0.150. The molecule has 0 aromatic carbocycles. The summed E-state index contributed by atoms with van der Waals surface area (Å²) in [5.74, 6) is -0.175. The molecule has 0 spiro atoms. The Morgan fingerprint density at radius 2 is 1.95 bits per heavy atom. The molecule has 3 N–H and O–H groups in total. The van der Waals surface area contributed by atoms with E-state index in [2.05, 4.69) is 27.7 Å². The smallest absolute Gasteiger partial charge is 0.382 e. The number of halogens is 3. The molecular weight excluding hydrogens is 557 g/mol. The minimum Gasteiger partial charge on any atom is -0.382 e. The average molecular weight is 593 g/mol. The van der Waals surface area contributed by atoms with Crippen LogP contribution in [-0.4, -0.2) is 71.4 Å². The van der Waals surface area contributed by atoms with E-state index in [1.165, 1.54) is 25.6 Å². The number of hydrogen-bond donors (Lipinski definition) is 3. The SMILES string of the molecule is COCC(c1ccnc(NC(=O)[C@@H](NC(=O)c2nocc2C2CC2)C2CCC(C)CC2)c1)N1C[C@@H](C(F)(F)F)NC1=O. The fourth-order valence-electron chi connectivity index (χ4n) is 5.79. The molecule has 4 amide bonds. The summed E-state index contributed by atoms with van der Waals surface area (Å²) in [5.41, 5.74) is 1.35. The zero-order valence-corrected chi connectivity index (χ0v) is 23.4. The third-order valence-electron chi connectivity index (χ3n) is 8.38. The standard InChI is InChI=1S/C28H35F3N6O5/c1-15-3-5-17(6-4-15)23(35-26(39)24-19(13-42-36-24)16-7-8-16)25(38)34-22-11-18(9-10-32-22)20(14-41-2)37-12-21(28(29,30)31)33-27(37)40/h9-11,13,15-17,20-21,23H,3-8,12,14H2,1-2H3,(H,33,40)(H,35,39)(H,32,34,38)/t15?,17?,20?,21-,23-/m0/s1. The zero-order valence-electron chi connectivity index (χ0n) is 23.4. The maximum atomic E-state index is 13.7. The lowest BCUT2D eigenvalue weighted by Crippen LogP contribution is -2.49. The van der Waals surface area contributed by atoms with Gasteiger partial charge in [-0.1, -0.05) is 24.9 Å². The predicted octanol–water partition coefficient (Wildman–Crippen LogP) is 4.15. The van der Waals surface area contributed by atoms with Crippen molar-refractivity contribution >= 4 is 23.7 Å².